The van der Waals surface area contributed by atoms with Crippen LogP contribution < -0.4 is 0 Å². The lowest BCUT2D eigenvalue weighted by Crippen LogP contribution is -2.13. The van der Waals surface area contributed by atoms with E-state index >= 15 is 0 Å². The summed E-state index contributed by atoms with van der Waals surface area (Å²) in [6, 6.07) is 8.84. The summed E-state index contributed by atoms with van der Waals surface area (Å²) in [4.78, 5) is 0. The Morgan fingerprint density at radius 2 is 1.79 bits per heavy atom. The van der Waals surface area contributed by atoms with Gasteiger partial charge in [0.1, 0.15) is 6.17 Å². The molecule has 104 valence electrons. The lowest BCUT2D eigenvalue weighted by atomic mass is 9.83. The molecule has 1 saturated carbocycles. The quantitative estimate of drug-likeness (QED) is 0.579. The number of rotatable bonds is 5. The summed E-state index contributed by atoms with van der Waals surface area (Å²) in [5, 5.41) is 0. The standard InChI is InChI=1S/C18H25F/c1-2-3-4-5-6-15-7-9-16(10-8-15)17-11-13-18(19)14-12-17/h5-10,17-18H,2-4,11-14H2,1H3. The predicted octanol–water partition coefficient (Wildman–Crippen LogP) is 5.89. The van der Waals surface area contributed by atoms with Crippen molar-refractivity contribution < 1.29 is 4.39 Å². The van der Waals surface area contributed by atoms with E-state index in [1.807, 2.05) is 0 Å². The van der Waals surface area contributed by atoms with E-state index in [1.165, 1.54) is 30.4 Å². The first kappa shape index (κ1) is 14.3. The number of unbranched alkanes of at least 4 members (excludes halogenated alkanes) is 2. The van der Waals surface area contributed by atoms with Crippen molar-refractivity contribution in [2.24, 2.45) is 0 Å². The maximum Gasteiger partial charge on any atom is 0.100 e. The maximum atomic E-state index is 13.1. The Kier molecular flexibility index (Phi) is 5.62. The third-order valence-electron chi connectivity index (χ3n) is 4.10. The molecular formula is C18H25F. The Balaban J connectivity index is 1.89. The van der Waals surface area contributed by atoms with Crippen molar-refractivity contribution in [2.75, 3.05) is 0 Å². The Morgan fingerprint density at radius 3 is 2.42 bits per heavy atom. The maximum absolute atomic E-state index is 13.1. The monoisotopic (exact) mass is 260 g/mol. The van der Waals surface area contributed by atoms with Crippen LogP contribution in [0.5, 0.6) is 0 Å². The first-order chi connectivity index (χ1) is 9.29. The minimum absolute atomic E-state index is 0.558. The lowest BCUT2D eigenvalue weighted by molar-refractivity contribution is 0.235. The fourth-order valence-electron chi connectivity index (χ4n) is 2.81. The zero-order valence-electron chi connectivity index (χ0n) is 11.9. The number of hydrogen-bond acceptors (Lipinski definition) is 0. The summed E-state index contributed by atoms with van der Waals surface area (Å²) in [7, 11) is 0. The molecule has 0 aromatic heterocycles. The van der Waals surface area contributed by atoms with Gasteiger partial charge in [-0.1, -0.05) is 56.2 Å². The van der Waals surface area contributed by atoms with E-state index in [0.717, 1.165) is 25.7 Å². The van der Waals surface area contributed by atoms with Crippen molar-refractivity contribution in [1.29, 1.82) is 0 Å². The molecule has 19 heavy (non-hydrogen) atoms. The average molecular weight is 260 g/mol. The molecule has 1 heteroatoms. The predicted molar refractivity (Wildman–Crippen MR) is 81.1 cm³/mol. The van der Waals surface area contributed by atoms with E-state index in [4.69, 9.17) is 0 Å². The van der Waals surface area contributed by atoms with Crippen molar-refractivity contribution >= 4 is 6.08 Å². The van der Waals surface area contributed by atoms with Crippen LogP contribution in [-0.4, -0.2) is 6.17 Å². The van der Waals surface area contributed by atoms with Gasteiger partial charge >= 0.3 is 0 Å². The van der Waals surface area contributed by atoms with Gasteiger partial charge < -0.3 is 0 Å². The second-order valence-electron chi connectivity index (χ2n) is 5.66. The Morgan fingerprint density at radius 1 is 1.11 bits per heavy atom. The third kappa shape index (κ3) is 4.49. The Hall–Kier alpha value is -1.11. The van der Waals surface area contributed by atoms with Gasteiger partial charge in [-0.25, -0.2) is 4.39 Å². The van der Waals surface area contributed by atoms with Crippen molar-refractivity contribution in [1.82, 2.24) is 0 Å². The zero-order chi connectivity index (χ0) is 13.5. The van der Waals surface area contributed by atoms with Gasteiger partial charge in [-0.15, -0.1) is 0 Å². The number of alkyl halides is 1. The zero-order valence-corrected chi connectivity index (χ0v) is 11.9. The molecule has 0 heterocycles. The molecule has 0 aliphatic heterocycles. The third-order valence-corrected chi connectivity index (χ3v) is 4.10. The van der Waals surface area contributed by atoms with Crippen molar-refractivity contribution in [3.63, 3.8) is 0 Å². The van der Waals surface area contributed by atoms with Crippen LogP contribution in [0, 0.1) is 0 Å². The molecule has 0 spiro atoms. The number of halogens is 1. The molecule has 0 radical (unpaired) electrons. The van der Waals surface area contributed by atoms with Gasteiger partial charge in [-0.3, -0.25) is 0 Å². The summed E-state index contributed by atoms with van der Waals surface area (Å²) in [6.07, 6.45) is 11.1. The largest absolute Gasteiger partial charge is 0.247 e. The first-order valence-electron chi connectivity index (χ1n) is 7.70. The molecule has 0 N–H and O–H groups in total. The minimum atomic E-state index is -0.558. The van der Waals surface area contributed by atoms with Crippen molar-refractivity contribution in [3.8, 4) is 0 Å². The number of allylic oxidation sites excluding steroid dienone is 1. The van der Waals surface area contributed by atoms with Gasteiger partial charge in [-0.2, -0.15) is 0 Å². The van der Waals surface area contributed by atoms with Gasteiger partial charge in [-0.05, 0) is 49.1 Å². The summed E-state index contributed by atoms with van der Waals surface area (Å²) >= 11 is 0. The van der Waals surface area contributed by atoms with Crippen molar-refractivity contribution in [3.05, 3.63) is 41.5 Å². The van der Waals surface area contributed by atoms with Crippen LogP contribution in [0.15, 0.2) is 30.3 Å². The normalized spacial score (nSPS) is 23.9. The van der Waals surface area contributed by atoms with Crippen LogP contribution in [0.3, 0.4) is 0 Å². The Labute approximate surface area is 116 Å². The van der Waals surface area contributed by atoms with E-state index in [2.05, 4.69) is 43.3 Å². The average Bonchev–Trinajstić information content (AvgIpc) is 2.45. The van der Waals surface area contributed by atoms with Crippen LogP contribution in [0.2, 0.25) is 0 Å². The summed E-state index contributed by atoms with van der Waals surface area (Å²) in [6.45, 7) is 2.22. The van der Waals surface area contributed by atoms with Crippen LogP contribution in [0.4, 0.5) is 4.39 Å². The highest BCUT2D eigenvalue weighted by molar-refractivity contribution is 5.49. The molecule has 0 bridgehead atoms. The SMILES string of the molecule is CCCCC=Cc1ccc(C2CCC(F)CC2)cc1. The van der Waals surface area contributed by atoms with Gasteiger partial charge in [0.05, 0.1) is 0 Å². The van der Waals surface area contributed by atoms with Gasteiger partial charge in [0.2, 0.25) is 0 Å². The molecule has 1 aliphatic rings. The molecule has 1 fully saturated rings. The molecular weight excluding hydrogens is 235 g/mol. The molecule has 1 aliphatic carbocycles. The number of hydrogen-bond donors (Lipinski definition) is 0. The molecule has 1 aromatic rings. The second kappa shape index (κ2) is 7.47. The highest BCUT2D eigenvalue weighted by atomic mass is 19.1. The second-order valence-corrected chi connectivity index (χ2v) is 5.66. The van der Waals surface area contributed by atoms with Crippen molar-refractivity contribution in [2.45, 2.75) is 64.0 Å². The van der Waals surface area contributed by atoms with Gasteiger partial charge in [0, 0.05) is 0 Å². The van der Waals surface area contributed by atoms with Crippen LogP contribution >= 0.6 is 0 Å². The fourth-order valence-corrected chi connectivity index (χ4v) is 2.81. The molecule has 0 nitrogen and oxygen atoms in total. The van der Waals surface area contributed by atoms with E-state index in [1.54, 1.807) is 0 Å². The molecule has 0 unspecified atom stereocenters. The fraction of sp³-hybridized carbons (Fsp3) is 0.556. The van der Waals surface area contributed by atoms with E-state index in [-0.39, 0.29) is 0 Å². The summed E-state index contributed by atoms with van der Waals surface area (Å²) < 4.78 is 13.1. The van der Waals surface area contributed by atoms with Crippen LogP contribution in [0.25, 0.3) is 6.08 Å². The molecule has 2 rings (SSSR count). The summed E-state index contributed by atoms with van der Waals surface area (Å²) in [5.41, 5.74) is 2.66. The van der Waals surface area contributed by atoms with Gasteiger partial charge in [0.15, 0.2) is 0 Å². The van der Waals surface area contributed by atoms with E-state index in [9.17, 15) is 4.39 Å². The van der Waals surface area contributed by atoms with Crippen LogP contribution in [-0.2, 0) is 0 Å². The highest BCUT2D eigenvalue weighted by Gasteiger charge is 2.21. The van der Waals surface area contributed by atoms with E-state index in [0.29, 0.717) is 5.92 Å². The Bertz CT molecular complexity index is 383. The lowest BCUT2D eigenvalue weighted by Gasteiger charge is -2.24. The molecule has 0 saturated heterocycles. The topological polar surface area (TPSA) is 0 Å². The first-order valence-corrected chi connectivity index (χ1v) is 7.70. The highest BCUT2D eigenvalue weighted by Crippen LogP contribution is 2.34. The van der Waals surface area contributed by atoms with E-state index < -0.39 is 6.17 Å². The summed E-state index contributed by atoms with van der Waals surface area (Å²) in [5.74, 6) is 0.574. The van der Waals surface area contributed by atoms with Crippen LogP contribution in [0.1, 0.15) is 68.9 Å². The smallest absolute Gasteiger partial charge is 0.100 e. The molecule has 0 atom stereocenters. The van der Waals surface area contributed by atoms with Gasteiger partial charge in [0.25, 0.3) is 0 Å². The molecule has 1 aromatic carbocycles. The number of benzene rings is 1. The molecule has 0 amide bonds. The minimum Gasteiger partial charge on any atom is -0.247 e.